The van der Waals surface area contributed by atoms with Crippen LogP contribution >= 0.6 is 0 Å². The first kappa shape index (κ1) is 32.0. The van der Waals surface area contributed by atoms with Crippen LogP contribution in [0, 0.1) is 0 Å². The van der Waals surface area contributed by atoms with Crippen molar-refractivity contribution in [2.45, 2.75) is 109 Å². The van der Waals surface area contributed by atoms with Crippen molar-refractivity contribution in [3.63, 3.8) is 0 Å². The van der Waals surface area contributed by atoms with Crippen LogP contribution in [0.15, 0.2) is 0 Å². The van der Waals surface area contributed by atoms with Crippen LogP contribution in [0.1, 0.15) is 84.5 Å². The molecular weight excluding hydrogens is 500 g/mol. The molecule has 2 saturated heterocycles. The number of hydrogen-bond acceptors (Lipinski definition) is 8. The van der Waals surface area contributed by atoms with Gasteiger partial charge < -0.3 is 30.2 Å². The van der Waals surface area contributed by atoms with Crippen molar-refractivity contribution in [2.24, 2.45) is 0 Å². The van der Waals surface area contributed by atoms with Crippen LogP contribution in [0.25, 0.3) is 0 Å². The van der Waals surface area contributed by atoms with Gasteiger partial charge in [-0.25, -0.2) is 15.2 Å². The van der Waals surface area contributed by atoms with Crippen LogP contribution in [-0.4, -0.2) is 106 Å². The summed E-state index contributed by atoms with van der Waals surface area (Å²) >= 11 is 0. The van der Waals surface area contributed by atoms with Gasteiger partial charge in [-0.2, -0.15) is 5.12 Å². The number of unbranched alkanes of at least 4 members (excludes halogenated alkanes) is 2. The van der Waals surface area contributed by atoms with Gasteiger partial charge in [-0.3, -0.25) is 4.79 Å². The van der Waals surface area contributed by atoms with E-state index < -0.39 is 0 Å². The zero-order valence-electron chi connectivity index (χ0n) is 24.4. The molecule has 0 aromatic rings. The minimum absolute atomic E-state index is 0.0630. The molecule has 0 spiro atoms. The lowest BCUT2D eigenvalue weighted by Crippen LogP contribution is -2.51. The van der Waals surface area contributed by atoms with Gasteiger partial charge in [0.1, 0.15) is 0 Å². The molecule has 0 aromatic carbocycles. The maximum Gasteiger partial charge on any atom is 0.315 e. The molecule has 2 heterocycles. The summed E-state index contributed by atoms with van der Waals surface area (Å²) in [7, 11) is 0. The van der Waals surface area contributed by atoms with Gasteiger partial charge in [0, 0.05) is 44.2 Å². The Morgan fingerprint density at radius 3 is 2.36 bits per heavy atom. The van der Waals surface area contributed by atoms with Gasteiger partial charge in [-0.1, -0.05) is 39.0 Å². The van der Waals surface area contributed by atoms with Crippen molar-refractivity contribution in [3.05, 3.63) is 0 Å². The van der Waals surface area contributed by atoms with Gasteiger partial charge in [0.15, 0.2) is 0 Å². The van der Waals surface area contributed by atoms with Crippen LogP contribution in [-0.2, 0) is 19.0 Å². The fourth-order valence-electron chi connectivity index (χ4n) is 5.59. The Kier molecular flexibility index (Phi) is 15.4. The first-order valence-electron chi connectivity index (χ1n) is 15.4. The van der Waals surface area contributed by atoms with Crippen molar-refractivity contribution in [2.75, 3.05) is 59.3 Å². The largest absolute Gasteiger partial charge is 0.378 e. The number of carbonyl (C=O) groups excluding carboxylic acids is 2. The summed E-state index contributed by atoms with van der Waals surface area (Å²) in [5.74, 6) is 0.0630. The lowest BCUT2D eigenvalue weighted by atomic mass is 9.96. The Labute approximate surface area is 235 Å². The second-order valence-electron chi connectivity index (χ2n) is 11.1. The topological polar surface area (TPSA) is 116 Å². The van der Waals surface area contributed by atoms with Crippen molar-refractivity contribution in [3.8, 4) is 0 Å². The molecule has 11 heteroatoms. The maximum absolute atomic E-state index is 12.0. The fourth-order valence-corrected chi connectivity index (χ4v) is 5.59. The maximum atomic E-state index is 12.0. The third-order valence-corrected chi connectivity index (χ3v) is 7.97. The molecule has 1 unspecified atom stereocenters. The summed E-state index contributed by atoms with van der Waals surface area (Å²) in [6.07, 6.45) is 12.1. The summed E-state index contributed by atoms with van der Waals surface area (Å²) < 4.78 is 17.0. The Balaban J connectivity index is 1.07. The van der Waals surface area contributed by atoms with E-state index in [2.05, 4.69) is 38.4 Å². The first-order chi connectivity index (χ1) is 19.1. The molecule has 2 aliphatic heterocycles. The molecule has 39 heavy (non-hydrogen) atoms. The molecule has 3 amide bonds. The van der Waals surface area contributed by atoms with Crippen molar-refractivity contribution >= 4 is 11.9 Å². The number of nitrogens with zero attached hydrogens (tertiary/aromatic N) is 2. The fraction of sp³-hybridized carbons (Fsp3) is 0.929. The van der Waals surface area contributed by atoms with E-state index in [0.717, 1.165) is 45.2 Å². The highest BCUT2D eigenvalue weighted by Gasteiger charge is 2.34. The van der Waals surface area contributed by atoms with E-state index in [1.54, 1.807) is 0 Å². The van der Waals surface area contributed by atoms with Crippen molar-refractivity contribution in [1.82, 2.24) is 31.5 Å². The lowest BCUT2D eigenvalue weighted by molar-refractivity contribution is -0.121. The van der Waals surface area contributed by atoms with Gasteiger partial charge in [0.25, 0.3) is 0 Å². The molecule has 226 valence electrons. The zero-order valence-corrected chi connectivity index (χ0v) is 24.4. The van der Waals surface area contributed by atoms with E-state index in [-0.39, 0.29) is 24.0 Å². The third kappa shape index (κ3) is 12.3. The summed E-state index contributed by atoms with van der Waals surface area (Å²) in [6, 6.07) is 1.45. The Hall–Kier alpha value is -1.50. The molecule has 0 bridgehead atoms. The van der Waals surface area contributed by atoms with Gasteiger partial charge in [0.05, 0.1) is 45.7 Å². The Bertz CT molecular complexity index is 695. The first-order valence-corrected chi connectivity index (χ1v) is 15.4. The molecule has 3 fully saturated rings. The van der Waals surface area contributed by atoms with Crippen LogP contribution in [0.3, 0.4) is 0 Å². The second kappa shape index (κ2) is 18.8. The van der Waals surface area contributed by atoms with Crippen LogP contribution < -0.4 is 21.4 Å². The summed E-state index contributed by atoms with van der Waals surface area (Å²) in [4.78, 5) is 23.2. The smallest absolute Gasteiger partial charge is 0.315 e. The summed E-state index contributed by atoms with van der Waals surface area (Å²) in [5, 5.41) is 13.5. The molecule has 1 saturated carbocycles. The minimum Gasteiger partial charge on any atom is -0.378 e. The van der Waals surface area contributed by atoms with E-state index in [1.807, 2.05) is 6.92 Å². The molecule has 3 atom stereocenters. The van der Waals surface area contributed by atoms with Gasteiger partial charge >= 0.3 is 6.03 Å². The molecule has 3 rings (SSSR count). The highest BCUT2D eigenvalue weighted by atomic mass is 16.5. The Morgan fingerprint density at radius 1 is 0.949 bits per heavy atom. The van der Waals surface area contributed by atoms with Gasteiger partial charge in [-0.05, 0) is 39.0 Å². The normalized spacial score (nSPS) is 24.7. The Morgan fingerprint density at radius 2 is 1.67 bits per heavy atom. The molecule has 11 nitrogen and oxygen atoms in total. The quantitative estimate of drug-likeness (QED) is 0.170. The average molecular weight is 555 g/mol. The number of hydrogen-bond donors (Lipinski definition) is 4. The molecule has 3 aliphatic rings. The number of urea groups is 1. The molecule has 0 radical (unpaired) electrons. The SMILES string of the molecule is CCC1CN(CCOCCOCCOCCNC(=O)CCCCC[C@H]2NC(=O)N[C@H]2C)N(C2CCCCC2)N1. The van der Waals surface area contributed by atoms with E-state index in [1.165, 1.54) is 32.1 Å². The minimum atomic E-state index is -0.0814. The molecule has 4 N–H and O–H groups in total. The van der Waals surface area contributed by atoms with Crippen molar-refractivity contribution < 1.29 is 23.8 Å². The highest BCUT2D eigenvalue weighted by molar-refractivity contribution is 5.77. The van der Waals surface area contributed by atoms with E-state index in [0.29, 0.717) is 64.7 Å². The van der Waals surface area contributed by atoms with Crippen molar-refractivity contribution in [1.29, 1.82) is 0 Å². The number of hydrazine groups is 2. The average Bonchev–Trinajstić information content (AvgIpc) is 3.51. The number of nitrogens with one attached hydrogen (secondary N) is 4. The van der Waals surface area contributed by atoms with Gasteiger partial charge in [-0.15, -0.1) is 0 Å². The van der Waals surface area contributed by atoms with Crippen LogP contribution in [0.2, 0.25) is 0 Å². The number of amides is 3. The lowest BCUT2D eigenvalue weighted by Gasteiger charge is -2.36. The van der Waals surface area contributed by atoms with E-state index in [9.17, 15) is 9.59 Å². The second-order valence-corrected chi connectivity index (χ2v) is 11.1. The number of rotatable bonds is 20. The number of carbonyl (C=O) groups is 2. The third-order valence-electron chi connectivity index (χ3n) is 7.97. The zero-order chi connectivity index (χ0) is 27.7. The van der Waals surface area contributed by atoms with E-state index >= 15 is 0 Å². The van der Waals surface area contributed by atoms with E-state index in [4.69, 9.17) is 14.2 Å². The predicted octanol–water partition coefficient (Wildman–Crippen LogP) is 2.32. The van der Waals surface area contributed by atoms with Crippen LogP contribution in [0.5, 0.6) is 0 Å². The van der Waals surface area contributed by atoms with Crippen LogP contribution in [0.4, 0.5) is 4.79 Å². The standard InChI is InChI=1S/C28H54N6O5/c1-3-24-22-33(34(32-24)25-10-6-4-7-11-25)15-17-38-19-21-39-20-18-37-16-14-29-27(35)13-9-5-8-12-26-23(2)30-28(36)31-26/h23-26,32H,3-22H2,1-2H3,(H,29,35)(H2,30,31,36)/t23-,24?,26+/m0/s1. The summed E-state index contributed by atoms with van der Waals surface area (Å²) in [5.41, 5.74) is 3.71. The summed E-state index contributed by atoms with van der Waals surface area (Å²) in [6.45, 7) is 10.1. The highest BCUT2D eigenvalue weighted by Crippen LogP contribution is 2.25. The predicted molar refractivity (Wildman–Crippen MR) is 151 cm³/mol. The number of ether oxygens (including phenoxy) is 3. The molecular formula is C28H54N6O5. The molecule has 1 aliphatic carbocycles. The van der Waals surface area contributed by atoms with Gasteiger partial charge in [0.2, 0.25) is 5.91 Å². The monoisotopic (exact) mass is 554 g/mol. The molecule has 0 aromatic heterocycles.